The molecule has 0 spiro atoms. The fourth-order valence-corrected chi connectivity index (χ4v) is 2.50. The fourth-order valence-electron chi connectivity index (χ4n) is 2.50. The Balaban J connectivity index is 1.97. The molecule has 17 heavy (non-hydrogen) atoms. The van der Waals surface area contributed by atoms with Crippen LogP contribution in [-0.2, 0) is 0 Å². The minimum atomic E-state index is 0.337. The summed E-state index contributed by atoms with van der Waals surface area (Å²) in [6.45, 7) is 4.25. The average Bonchev–Trinajstić information content (AvgIpc) is 2.34. The molecule has 3 heteroatoms. The van der Waals surface area contributed by atoms with E-state index in [2.05, 4.69) is 11.9 Å². The van der Waals surface area contributed by atoms with Crippen LogP contribution in [-0.4, -0.2) is 11.1 Å². The zero-order valence-corrected chi connectivity index (χ0v) is 10.8. The number of nitrogen functional groups attached to an aromatic ring is 1. The molecule has 2 atom stereocenters. The van der Waals surface area contributed by atoms with Crippen LogP contribution in [0, 0.1) is 12.8 Å². The van der Waals surface area contributed by atoms with Gasteiger partial charge in [-0.1, -0.05) is 19.8 Å². The van der Waals surface area contributed by atoms with Crippen molar-refractivity contribution in [3.63, 3.8) is 0 Å². The lowest BCUT2D eigenvalue weighted by atomic mass is 9.85. The lowest BCUT2D eigenvalue weighted by molar-refractivity contribution is 0.117. The first-order valence-electron chi connectivity index (χ1n) is 6.57. The normalized spacial score (nSPS) is 24.6. The van der Waals surface area contributed by atoms with Gasteiger partial charge in [0.05, 0.1) is 11.9 Å². The summed E-state index contributed by atoms with van der Waals surface area (Å²) >= 11 is 0. The van der Waals surface area contributed by atoms with Crippen molar-refractivity contribution >= 4 is 5.69 Å². The van der Waals surface area contributed by atoms with Crippen LogP contribution in [0.1, 0.15) is 44.6 Å². The zero-order valence-electron chi connectivity index (χ0n) is 10.8. The van der Waals surface area contributed by atoms with Gasteiger partial charge < -0.3 is 10.5 Å². The van der Waals surface area contributed by atoms with Gasteiger partial charge in [0.25, 0.3) is 0 Å². The van der Waals surface area contributed by atoms with Crippen LogP contribution in [0.3, 0.4) is 0 Å². The van der Waals surface area contributed by atoms with Crippen LogP contribution in [0.4, 0.5) is 5.69 Å². The van der Waals surface area contributed by atoms with Gasteiger partial charge in [0.1, 0.15) is 6.10 Å². The molecule has 1 heterocycles. The van der Waals surface area contributed by atoms with Crippen molar-refractivity contribution in [1.29, 1.82) is 0 Å². The van der Waals surface area contributed by atoms with Crippen molar-refractivity contribution in [1.82, 2.24) is 4.98 Å². The highest BCUT2D eigenvalue weighted by Crippen LogP contribution is 2.29. The molecule has 94 valence electrons. The number of pyridine rings is 1. The summed E-state index contributed by atoms with van der Waals surface area (Å²) in [6.07, 6.45) is 8.23. The van der Waals surface area contributed by atoms with Gasteiger partial charge in [-0.2, -0.15) is 0 Å². The summed E-state index contributed by atoms with van der Waals surface area (Å²) in [5.74, 6) is 1.54. The molecule has 1 fully saturated rings. The van der Waals surface area contributed by atoms with Crippen molar-refractivity contribution < 1.29 is 4.74 Å². The van der Waals surface area contributed by atoms with Gasteiger partial charge in [-0.15, -0.1) is 0 Å². The van der Waals surface area contributed by atoms with Gasteiger partial charge in [-0.3, -0.25) is 0 Å². The maximum atomic E-state index is 5.96. The monoisotopic (exact) mass is 234 g/mol. The van der Waals surface area contributed by atoms with Crippen molar-refractivity contribution in [3.05, 3.63) is 17.8 Å². The summed E-state index contributed by atoms with van der Waals surface area (Å²) in [5, 5.41) is 0. The van der Waals surface area contributed by atoms with Crippen LogP contribution < -0.4 is 10.5 Å². The lowest BCUT2D eigenvalue weighted by Crippen LogP contribution is -2.25. The van der Waals surface area contributed by atoms with E-state index in [1.807, 2.05) is 13.0 Å². The van der Waals surface area contributed by atoms with Crippen LogP contribution in [0.15, 0.2) is 12.3 Å². The van der Waals surface area contributed by atoms with Crippen molar-refractivity contribution in [2.45, 2.75) is 52.1 Å². The minimum absolute atomic E-state index is 0.337. The Morgan fingerprint density at radius 1 is 1.47 bits per heavy atom. The molecule has 0 bridgehead atoms. The summed E-state index contributed by atoms with van der Waals surface area (Å²) < 4.78 is 5.96. The third-order valence-electron chi connectivity index (χ3n) is 3.73. The molecule has 1 aromatic rings. The summed E-state index contributed by atoms with van der Waals surface area (Å²) in [6, 6.07) is 1.94. The Morgan fingerprint density at radius 2 is 2.29 bits per heavy atom. The fraction of sp³-hybridized carbons (Fsp3) is 0.643. The molecule has 1 aromatic heterocycles. The highest BCUT2D eigenvalue weighted by Gasteiger charge is 2.22. The Morgan fingerprint density at radius 3 is 3.00 bits per heavy atom. The Hall–Kier alpha value is -1.25. The molecule has 1 aliphatic carbocycles. The van der Waals surface area contributed by atoms with E-state index in [9.17, 15) is 0 Å². The van der Waals surface area contributed by atoms with Crippen molar-refractivity contribution in [3.8, 4) is 5.88 Å². The van der Waals surface area contributed by atoms with E-state index in [1.165, 1.54) is 25.7 Å². The molecule has 1 saturated carbocycles. The first kappa shape index (κ1) is 12.2. The number of aromatic nitrogens is 1. The maximum absolute atomic E-state index is 5.96. The molecule has 1 aliphatic rings. The maximum Gasteiger partial charge on any atom is 0.213 e. The standard InChI is InChI=1S/C14H22N2O/c1-3-11-5-4-6-12(8-11)17-14-7-10(2)13(15)9-16-14/h7,9,11-12H,3-6,8,15H2,1-2H3. The number of aryl methyl sites for hydroxylation is 1. The molecule has 2 unspecified atom stereocenters. The van der Waals surface area contributed by atoms with Crippen LogP contribution in [0.25, 0.3) is 0 Å². The second-order valence-corrected chi connectivity index (χ2v) is 5.06. The number of nitrogens with two attached hydrogens (primary N) is 1. The van der Waals surface area contributed by atoms with Crippen molar-refractivity contribution in [2.75, 3.05) is 5.73 Å². The Bertz CT molecular complexity index is 378. The first-order valence-corrected chi connectivity index (χ1v) is 6.57. The molecular formula is C14H22N2O. The van der Waals surface area contributed by atoms with Gasteiger partial charge in [0.15, 0.2) is 0 Å². The number of hydrogen-bond acceptors (Lipinski definition) is 3. The van der Waals surface area contributed by atoms with Gasteiger partial charge in [-0.25, -0.2) is 4.98 Å². The second-order valence-electron chi connectivity index (χ2n) is 5.06. The van der Waals surface area contributed by atoms with Gasteiger partial charge >= 0.3 is 0 Å². The predicted octanol–water partition coefficient (Wildman–Crippen LogP) is 3.32. The number of anilines is 1. The van der Waals surface area contributed by atoms with Gasteiger partial charge in [0, 0.05) is 6.07 Å². The molecule has 2 rings (SSSR count). The summed E-state index contributed by atoms with van der Waals surface area (Å²) in [5.41, 5.74) is 7.52. The molecule has 0 radical (unpaired) electrons. The van der Waals surface area contributed by atoms with E-state index >= 15 is 0 Å². The predicted molar refractivity (Wildman–Crippen MR) is 70.1 cm³/mol. The first-order chi connectivity index (χ1) is 8.19. The zero-order chi connectivity index (χ0) is 12.3. The van der Waals surface area contributed by atoms with Crippen LogP contribution in [0.5, 0.6) is 5.88 Å². The molecule has 0 amide bonds. The second kappa shape index (κ2) is 5.39. The van der Waals surface area contributed by atoms with Crippen LogP contribution in [0.2, 0.25) is 0 Å². The van der Waals surface area contributed by atoms with E-state index in [-0.39, 0.29) is 0 Å². The molecule has 0 saturated heterocycles. The lowest BCUT2D eigenvalue weighted by Gasteiger charge is -2.28. The van der Waals surface area contributed by atoms with Crippen LogP contribution >= 0.6 is 0 Å². The van der Waals surface area contributed by atoms with Crippen molar-refractivity contribution in [2.24, 2.45) is 5.92 Å². The van der Waals surface area contributed by atoms with E-state index < -0.39 is 0 Å². The highest BCUT2D eigenvalue weighted by molar-refractivity contribution is 5.45. The van der Waals surface area contributed by atoms with Gasteiger partial charge in [0.2, 0.25) is 5.88 Å². The molecule has 3 nitrogen and oxygen atoms in total. The van der Waals surface area contributed by atoms with E-state index in [0.29, 0.717) is 6.10 Å². The summed E-state index contributed by atoms with van der Waals surface area (Å²) in [4.78, 5) is 4.24. The molecule has 0 aliphatic heterocycles. The smallest absolute Gasteiger partial charge is 0.213 e. The highest BCUT2D eigenvalue weighted by atomic mass is 16.5. The Kier molecular flexibility index (Phi) is 3.87. The molecule has 2 N–H and O–H groups in total. The summed E-state index contributed by atoms with van der Waals surface area (Å²) in [7, 11) is 0. The number of ether oxygens (including phenoxy) is 1. The SMILES string of the molecule is CCC1CCCC(Oc2cc(C)c(N)cn2)C1. The molecular weight excluding hydrogens is 212 g/mol. The van der Waals surface area contributed by atoms with Gasteiger partial charge in [-0.05, 0) is 37.7 Å². The number of nitrogens with zero attached hydrogens (tertiary/aromatic N) is 1. The van der Waals surface area contributed by atoms with E-state index in [0.717, 1.165) is 29.5 Å². The average molecular weight is 234 g/mol. The quantitative estimate of drug-likeness (QED) is 0.872. The minimum Gasteiger partial charge on any atom is -0.474 e. The topological polar surface area (TPSA) is 48.1 Å². The Labute approximate surface area is 103 Å². The van der Waals surface area contributed by atoms with E-state index in [1.54, 1.807) is 6.20 Å². The molecule has 0 aromatic carbocycles. The van der Waals surface area contributed by atoms with E-state index in [4.69, 9.17) is 10.5 Å². The third-order valence-corrected chi connectivity index (χ3v) is 3.73. The number of hydrogen-bond donors (Lipinski definition) is 1. The third kappa shape index (κ3) is 3.11. The number of rotatable bonds is 3. The largest absolute Gasteiger partial charge is 0.474 e.